The lowest BCUT2D eigenvalue weighted by atomic mass is 10.2. The molecule has 1 atom stereocenters. The monoisotopic (exact) mass is 260 g/mol. The molecule has 0 spiro atoms. The highest BCUT2D eigenvalue weighted by molar-refractivity contribution is 7.89. The predicted molar refractivity (Wildman–Crippen MR) is 62.1 cm³/mol. The number of aromatic nitrogens is 1. The van der Waals surface area contributed by atoms with Gasteiger partial charge in [-0.25, -0.2) is 13.1 Å². The summed E-state index contributed by atoms with van der Waals surface area (Å²) in [5.41, 5.74) is 0. The number of hydrogen-bond acceptors (Lipinski definition) is 3. The van der Waals surface area contributed by atoms with Crippen LogP contribution in [-0.4, -0.2) is 30.1 Å². The van der Waals surface area contributed by atoms with Gasteiger partial charge in [-0.3, -0.25) is 4.79 Å². The molecule has 0 saturated heterocycles. The molecular formula is C10H16N2O4S. The van der Waals surface area contributed by atoms with Crippen molar-refractivity contribution in [3.8, 4) is 0 Å². The Morgan fingerprint density at radius 3 is 2.71 bits per heavy atom. The summed E-state index contributed by atoms with van der Waals surface area (Å²) >= 11 is 0. The Hall–Kier alpha value is -1.34. The van der Waals surface area contributed by atoms with E-state index in [-0.39, 0.29) is 17.7 Å². The van der Waals surface area contributed by atoms with Gasteiger partial charge in [0.1, 0.15) is 0 Å². The predicted octanol–water partition coefficient (Wildman–Crippen LogP) is 0.557. The van der Waals surface area contributed by atoms with Crippen molar-refractivity contribution < 1.29 is 18.3 Å². The molecule has 0 aliphatic heterocycles. The van der Waals surface area contributed by atoms with Crippen molar-refractivity contribution in [1.29, 1.82) is 0 Å². The smallest absolute Gasteiger partial charge is 0.303 e. The van der Waals surface area contributed by atoms with E-state index in [0.29, 0.717) is 0 Å². The maximum Gasteiger partial charge on any atom is 0.303 e. The first-order chi connectivity index (χ1) is 7.81. The first-order valence-electron chi connectivity index (χ1n) is 5.17. The van der Waals surface area contributed by atoms with Crippen LogP contribution in [0.25, 0.3) is 0 Å². The van der Waals surface area contributed by atoms with Crippen LogP contribution in [0.2, 0.25) is 0 Å². The second-order valence-corrected chi connectivity index (χ2v) is 5.68. The second-order valence-electron chi connectivity index (χ2n) is 3.97. The van der Waals surface area contributed by atoms with Crippen molar-refractivity contribution in [2.75, 3.05) is 0 Å². The second kappa shape index (κ2) is 5.33. The Balaban J connectivity index is 2.64. The summed E-state index contributed by atoms with van der Waals surface area (Å²) in [7, 11) is -1.82. The first-order valence-corrected chi connectivity index (χ1v) is 6.65. The Bertz CT molecular complexity index is 492. The zero-order valence-electron chi connectivity index (χ0n) is 9.75. The number of aliphatic carboxylic acids is 1. The van der Waals surface area contributed by atoms with Gasteiger partial charge in [-0.15, -0.1) is 0 Å². The lowest BCUT2D eigenvalue weighted by Crippen LogP contribution is -2.32. The fourth-order valence-electron chi connectivity index (χ4n) is 1.37. The van der Waals surface area contributed by atoms with Crippen LogP contribution in [-0.2, 0) is 21.9 Å². The minimum absolute atomic E-state index is 0.0571. The van der Waals surface area contributed by atoms with E-state index in [9.17, 15) is 13.2 Å². The number of rotatable bonds is 6. The Kier molecular flexibility index (Phi) is 4.30. The summed E-state index contributed by atoms with van der Waals surface area (Å²) in [5.74, 6) is -0.934. The zero-order chi connectivity index (χ0) is 13.1. The molecule has 0 bridgehead atoms. The van der Waals surface area contributed by atoms with Gasteiger partial charge in [0, 0.05) is 31.9 Å². The molecule has 1 rings (SSSR count). The number of aryl methyl sites for hydroxylation is 1. The van der Waals surface area contributed by atoms with Crippen molar-refractivity contribution in [3.05, 3.63) is 18.5 Å². The van der Waals surface area contributed by atoms with E-state index in [2.05, 4.69) is 4.72 Å². The van der Waals surface area contributed by atoms with Crippen molar-refractivity contribution >= 4 is 16.0 Å². The average molecular weight is 260 g/mol. The lowest BCUT2D eigenvalue weighted by Gasteiger charge is -2.12. The van der Waals surface area contributed by atoms with Gasteiger partial charge in [-0.05, 0) is 19.4 Å². The van der Waals surface area contributed by atoms with Gasteiger partial charge < -0.3 is 9.67 Å². The summed E-state index contributed by atoms with van der Waals surface area (Å²) in [6.07, 6.45) is 3.34. The quantitative estimate of drug-likeness (QED) is 0.782. The molecule has 17 heavy (non-hydrogen) atoms. The minimum atomic E-state index is -3.55. The van der Waals surface area contributed by atoms with Crippen LogP contribution in [0.15, 0.2) is 23.4 Å². The van der Waals surface area contributed by atoms with Gasteiger partial charge in [0.25, 0.3) is 0 Å². The van der Waals surface area contributed by atoms with Crippen LogP contribution in [0.3, 0.4) is 0 Å². The Morgan fingerprint density at radius 2 is 2.24 bits per heavy atom. The summed E-state index contributed by atoms with van der Waals surface area (Å²) in [5, 5.41) is 8.50. The summed E-state index contributed by atoms with van der Waals surface area (Å²) in [6.45, 7) is 1.64. The fraction of sp³-hybridized carbons (Fsp3) is 0.500. The highest BCUT2D eigenvalue weighted by atomic mass is 32.2. The van der Waals surface area contributed by atoms with Crippen LogP contribution in [0, 0.1) is 0 Å². The third-order valence-corrected chi connectivity index (χ3v) is 3.84. The maximum atomic E-state index is 11.8. The largest absolute Gasteiger partial charge is 0.481 e. The zero-order valence-corrected chi connectivity index (χ0v) is 10.6. The number of sulfonamides is 1. The molecule has 0 saturated carbocycles. The van der Waals surface area contributed by atoms with Crippen LogP contribution >= 0.6 is 0 Å². The topological polar surface area (TPSA) is 88.4 Å². The molecule has 1 unspecified atom stereocenters. The Labute approximate surface area is 100 Å². The Morgan fingerprint density at radius 1 is 1.59 bits per heavy atom. The van der Waals surface area contributed by atoms with Crippen LogP contribution in [0.1, 0.15) is 19.8 Å². The molecule has 0 radical (unpaired) electrons. The van der Waals surface area contributed by atoms with Crippen molar-refractivity contribution in [2.45, 2.75) is 30.7 Å². The van der Waals surface area contributed by atoms with E-state index >= 15 is 0 Å². The average Bonchev–Trinajstić information content (AvgIpc) is 2.62. The van der Waals surface area contributed by atoms with Crippen molar-refractivity contribution in [3.63, 3.8) is 0 Å². The molecule has 2 N–H and O–H groups in total. The molecule has 6 nitrogen and oxygen atoms in total. The summed E-state index contributed by atoms with van der Waals surface area (Å²) in [4.78, 5) is 10.5. The maximum absolute atomic E-state index is 11.8. The lowest BCUT2D eigenvalue weighted by molar-refractivity contribution is -0.137. The molecule has 0 aromatic carbocycles. The third-order valence-electron chi connectivity index (χ3n) is 2.26. The molecule has 1 aromatic heterocycles. The standard InChI is InChI=1S/C10H16N2O4S/c1-8(3-4-10(13)14)11-17(15,16)9-5-6-12(2)7-9/h5-8,11H,3-4H2,1-2H3,(H,13,14). The molecule has 1 aromatic rings. The van der Waals surface area contributed by atoms with Crippen LogP contribution in [0.4, 0.5) is 0 Å². The number of carbonyl (C=O) groups is 1. The van der Waals surface area contributed by atoms with Gasteiger partial charge in [0.15, 0.2) is 0 Å². The summed E-state index contributed by atoms with van der Waals surface area (Å²) < 4.78 is 27.7. The molecule has 0 fully saturated rings. The van der Waals surface area contributed by atoms with Gasteiger partial charge in [-0.2, -0.15) is 0 Å². The van der Waals surface area contributed by atoms with E-state index in [4.69, 9.17) is 5.11 Å². The van der Waals surface area contributed by atoms with Crippen LogP contribution < -0.4 is 4.72 Å². The number of nitrogens with zero attached hydrogens (tertiary/aromatic N) is 1. The highest BCUT2D eigenvalue weighted by Gasteiger charge is 2.18. The minimum Gasteiger partial charge on any atom is -0.481 e. The van der Waals surface area contributed by atoms with E-state index in [0.717, 1.165) is 0 Å². The third kappa shape index (κ3) is 4.20. The molecule has 0 aliphatic rings. The number of nitrogens with one attached hydrogen (secondary N) is 1. The summed E-state index contributed by atoms with van der Waals surface area (Å²) in [6, 6.07) is 1.09. The van der Waals surface area contributed by atoms with E-state index in [1.165, 1.54) is 12.3 Å². The number of hydrogen-bond donors (Lipinski definition) is 2. The number of carboxylic acids is 1. The van der Waals surface area contributed by atoms with Gasteiger partial charge in [0.05, 0.1) is 4.90 Å². The molecule has 96 valence electrons. The highest BCUT2D eigenvalue weighted by Crippen LogP contribution is 2.10. The van der Waals surface area contributed by atoms with Crippen molar-refractivity contribution in [1.82, 2.24) is 9.29 Å². The SMILES string of the molecule is CC(CCC(=O)O)NS(=O)(=O)c1ccn(C)c1. The molecular weight excluding hydrogens is 244 g/mol. The van der Waals surface area contributed by atoms with Gasteiger partial charge >= 0.3 is 5.97 Å². The normalized spacial score (nSPS) is 13.5. The van der Waals surface area contributed by atoms with E-state index in [1.807, 2.05) is 0 Å². The molecule has 0 amide bonds. The van der Waals surface area contributed by atoms with Gasteiger partial charge in [-0.1, -0.05) is 0 Å². The molecule has 1 heterocycles. The van der Waals surface area contributed by atoms with E-state index in [1.54, 1.807) is 24.7 Å². The molecule has 0 aliphatic carbocycles. The van der Waals surface area contributed by atoms with Gasteiger partial charge in [0.2, 0.25) is 10.0 Å². The molecule has 7 heteroatoms. The fourth-order valence-corrected chi connectivity index (χ4v) is 2.70. The van der Waals surface area contributed by atoms with Crippen LogP contribution in [0.5, 0.6) is 0 Å². The van der Waals surface area contributed by atoms with E-state index < -0.39 is 22.0 Å². The first kappa shape index (κ1) is 13.7. The van der Waals surface area contributed by atoms with Crippen molar-refractivity contribution in [2.24, 2.45) is 7.05 Å². The number of carboxylic acid groups (broad SMARTS) is 1.